The van der Waals surface area contributed by atoms with E-state index in [4.69, 9.17) is 27.9 Å². The Kier molecular flexibility index (Phi) is 5.90. The second-order valence-corrected chi connectivity index (χ2v) is 5.42. The van der Waals surface area contributed by atoms with Crippen LogP contribution >= 0.6 is 39.1 Å². The van der Waals surface area contributed by atoms with Gasteiger partial charge in [0.25, 0.3) is 0 Å². The maximum Gasteiger partial charge on any atom is 0.0719 e. The highest BCUT2D eigenvalue weighted by molar-refractivity contribution is 9.10. The molecule has 1 atom stereocenters. The van der Waals surface area contributed by atoms with Gasteiger partial charge < -0.3 is 10.1 Å². The molecule has 0 amide bonds. The van der Waals surface area contributed by atoms with Crippen LogP contribution in [0.25, 0.3) is 0 Å². The Morgan fingerprint density at radius 1 is 1.38 bits per heavy atom. The van der Waals surface area contributed by atoms with Gasteiger partial charge in [-0.25, -0.2) is 0 Å². The van der Waals surface area contributed by atoms with Crippen molar-refractivity contribution in [3.8, 4) is 0 Å². The van der Waals surface area contributed by atoms with Crippen molar-refractivity contribution in [1.29, 1.82) is 0 Å². The van der Waals surface area contributed by atoms with Gasteiger partial charge in [0, 0.05) is 18.1 Å². The zero-order valence-corrected chi connectivity index (χ0v) is 12.3. The normalized spacial score (nSPS) is 12.6. The van der Waals surface area contributed by atoms with Crippen molar-refractivity contribution in [3.05, 3.63) is 26.7 Å². The highest BCUT2D eigenvalue weighted by Crippen LogP contribution is 2.33. The molecular formula is C11H14BrCl2NO. The predicted molar refractivity (Wildman–Crippen MR) is 73.7 cm³/mol. The fraction of sp³-hybridized carbons (Fsp3) is 0.455. The zero-order chi connectivity index (χ0) is 12.1. The molecule has 1 aromatic rings. The van der Waals surface area contributed by atoms with Crippen molar-refractivity contribution in [2.45, 2.75) is 6.92 Å². The molecule has 0 heterocycles. The number of hydrogen-bond acceptors (Lipinski definition) is 2. The summed E-state index contributed by atoms with van der Waals surface area (Å²) in [6.45, 7) is 3.57. The van der Waals surface area contributed by atoms with Crippen molar-refractivity contribution in [2.24, 2.45) is 5.92 Å². The summed E-state index contributed by atoms with van der Waals surface area (Å²) in [5, 5.41) is 4.46. The van der Waals surface area contributed by atoms with Crippen molar-refractivity contribution >= 4 is 44.8 Å². The lowest BCUT2D eigenvalue weighted by atomic mass is 10.2. The molecule has 1 aromatic carbocycles. The minimum absolute atomic E-state index is 0.404. The third-order valence-corrected chi connectivity index (χ3v) is 3.14. The van der Waals surface area contributed by atoms with Gasteiger partial charge in [0.1, 0.15) is 0 Å². The van der Waals surface area contributed by atoms with Crippen molar-refractivity contribution < 1.29 is 4.74 Å². The summed E-state index contributed by atoms with van der Waals surface area (Å²) in [5.41, 5.74) is 0.773. The number of anilines is 1. The van der Waals surface area contributed by atoms with Crippen LogP contribution in [0.4, 0.5) is 5.69 Å². The van der Waals surface area contributed by atoms with Crippen LogP contribution in [0, 0.1) is 5.92 Å². The molecule has 2 nitrogen and oxygen atoms in total. The van der Waals surface area contributed by atoms with Crippen LogP contribution in [-0.4, -0.2) is 20.3 Å². The summed E-state index contributed by atoms with van der Waals surface area (Å²) < 4.78 is 5.93. The average molecular weight is 327 g/mol. The molecule has 1 rings (SSSR count). The first-order valence-electron chi connectivity index (χ1n) is 4.92. The second-order valence-electron chi connectivity index (χ2n) is 3.69. The Bertz CT molecular complexity index is 337. The van der Waals surface area contributed by atoms with E-state index in [1.807, 2.05) is 12.1 Å². The Morgan fingerprint density at radius 2 is 1.94 bits per heavy atom. The molecule has 1 N–H and O–H groups in total. The highest BCUT2D eigenvalue weighted by Gasteiger charge is 2.08. The molecule has 0 aliphatic rings. The van der Waals surface area contributed by atoms with Crippen LogP contribution in [0.15, 0.2) is 16.6 Å². The van der Waals surface area contributed by atoms with E-state index in [2.05, 4.69) is 28.2 Å². The van der Waals surface area contributed by atoms with Gasteiger partial charge in [-0.1, -0.05) is 46.1 Å². The Balaban J connectivity index is 2.67. The minimum Gasteiger partial charge on any atom is -0.384 e. The number of benzene rings is 1. The topological polar surface area (TPSA) is 21.3 Å². The van der Waals surface area contributed by atoms with Gasteiger partial charge in [0.05, 0.1) is 22.3 Å². The maximum atomic E-state index is 6.09. The Morgan fingerprint density at radius 3 is 2.44 bits per heavy atom. The van der Waals surface area contributed by atoms with Crippen molar-refractivity contribution in [3.63, 3.8) is 0 Å². The van der Waals surface area contributed by atoms with Crippen LogP contribution in [-0.2, 0) is 4.74 Å². The third kappa shape index (κ3) is 4.13. The van der Waals surface area contributed by atoms with Crippen LogP contribution in [0.5, 0.6) is 0 Å². The van der Waals surface area contributed by atoms with E-state index >= 15 is 0 Å². The smallest absolute Gasteiger partial charge is 0.0719 e. The number of methoxy groups -OCH3 is 1. The van der Waals surface area contributed by atoms with Crippen LogP contribution < -0.4 is 5.32 Å². The zero-order valence-electron chi connectivity index (χ0n) is 9.19. The second kappa shape index (κ2) is 6.70. The van der Waals surface area contributed by atoms with E-state index in [0.717, 1.165) is 16.7 Å². The van der Waals surface area contributed by atoms with Crippen LogP contribution in [0.3, 0.4) is 0 Å². The maximum absolute atomic E-state index is 6.09. The molecule has 0 saturated heterocycles. The lowest BCUT2D eigenvalue weighted by Crippen LogP contribution is -2.16. The lowest BCUT2D eigenvalue weighted by molar-refractivity contribution is 0.164. The Labute approximate surface area is 114 Å². The van der Waals surface area contributed by atoms with E-state index in [9.17, 15) is 0 Å². The fourth-order valence-corrected chi connectivity index (χ4v) is 2.67. The first-order valence-corrected chi connectivity index (χ1v) is 6.46. The van der Waals surface area contributed by atoms with Gasteiger partial charge in [0.15, 0.2) is 0 Å². The third-order valence-electron chi connectivity index (χ3n) is 2.09. The number of nitrogens with one attached hydrogen (secondary N) is 1. The monoisotopic (exact) mass is 325 g/mol. The fourth-order valence-electron chi connectivity index (χ4n) is 1.33. The van der Waals surface area contributed by atoms with E-state index < -0.39 is 0 Å². The summed E-state index contributed by atoms with van der Waals surface area (Å²) in [6.07, 6.45) is 0. The first-order chi connectivity index (χ1) is 7.54. The SMILES string of the molecule is COCC(C)CNc1c(Cl)cc(Br)cc1Cl. The molecule has 0 aliphatic carbocycles. The molecule has 5 heteroatoms. The number of halogens is 3. The van der Waals surface area contributed by atoms with Crippen molar-refractivity contribution in [1.82, 2.24) is 0 Å². The Hall–Kier alpha value is 0.0400. The molecule has 0 radical (unpaired) electrons. The van der Waals surface area contributed by atoms with Gasteiger partial charge in [0.2, 0.25) is 0 Å². The molecule has 16 heavy (non-hydrogen) atoms. The van der Waals surface area contributed by atoms with E-state index in [1.165, 1.54) is 0 Å². The minimum atomic E-state index is 0.404. The summed E-state index contributed by atoms with van der Waals surface area (Å²) in [5.74, 6) is 0.404. The lowest BCUT2D eigenvalue weighted by Gasteiger charge is -2.15. The summed E-state index contributed by atoms with van der Waals surface area (Å²) >= 11 is 15.5. The molecule has 0 spiro atoms. The van der Waals surface area contributed by atoms with Crippen molar-refractivity contribution in [2.75, 3.05) is 25.6 Å². The highest BCUT2D eigenvalue weighted by atomic mass is 79.9. The molecular weight excluding hydrogens is 313 g/mol. The molecule has 90 valence electrons. The molecule has 0 aliphatic heterocycles. The molecule has 0 saturated carbocycles. The van der Waals surface area contributed by atoms with Crippen LogP contribution in [0.2, 0.25) is 10.0 Å². The standard InChI is InChI=1S/C11H14BrCl2NO/c1-7(6-16-2)5-15-11-9(13)3-8(12)4-10(11)14/h3-4,7,15H,5-6H2,1-2H3. The average Bonchev–Trinajstić information content (AvgIpc) is 2.16. The molecule has 0 fully saturated rings. The van der Waals surface area contributed by atoms with E-state index in [-0.39, 0.29) is 0 Å². The quantitative estimate of drug-likeness (QED) is 0.863. The van der Waals surface area contributed by atoms with E-state index in [0.29, 0.717) is 22.6 Å². The summed E-state index contributed by atoms with van der Waals surface area (Å²) in [6, 6.07) is 3.63. The van der Waals surface area contributed by atoms with Gasteiger partial charge >= 0.3 is 0 Å². The van der Waals surface area contributed by atoms with Gasteiger partial charge in [-0.15, -0.1) is 0 Å². The van der Waals surface area contributed by atoms with Gasteiger partial charge in [-0.05, 0) is 18.1 Å². The molecule has 1 unspecified atom stereocenters. The summed E-state index contributed by atoms with van der Waals surface area (Å²) in [7, 11) is 1.69. The van der Waals surface area contributed by atoms with E-state index in [1.54, 1.807) is 7.11 Å². The predicted octanol–water partition coefficient (Wildman–Crippen LogP) is 4.45. The van der Waals surface area contributed by atoms with Crippen LogP contribution in [0.1, 0.15) is 6.92 Å². The number of ether oxygens (including phenoxy) is 1. The molecule has 0 aromatic heterocycles. The number of rotatable bonds is 5. The number of hydrogen-bond donors (Lipinski definition) is 1. The first kappa shape index (κ1) is 14.1. The largest absolute Gasteiger partial charge is 0.384 e. The van der Waals surface area contributed by atoms with Gasteiger partial charge in [-0.3, -0.25) is 0 Å². The van der Waals surface area contributed by atoms with Gasteiger partial charge in [-0.2, -0.15) is 0 Å². The molecule has 0 bridgehead atoms. The summed E-state index contributed by atoms with van der Waals surface area (Å²) in [4.78, 5) is 0.